The molecule has 0 bridgehead atoms. The molecule has 12 heavy (non-hydrogen) atoms. The number of thioether (sulfide) groups is 1. The zero-order chi connectivity index (χ0) is 9.35. The van der Waals surface area contributed by atoms with Gasteiger partial charge in [-0.05, 0) is 6.26 Å². The lowest BCUT2D eigenvalue weighted by molar-refractivity contribution is -0.131. The number of carboxylic acid groups (broad SMARTS) is 1. The number of aliphatic imine (C=N–C) groups is 1. The van der Waals surface area contributed by atoms with Crippen LogP contribution in [0.15, 0.2) is 16.1 Å². The zero-order valence-corrected chi connectivity index (χ0v) is 7.65. The number of sulfone groups is 1. The fourth-order valence-corrected chi connectivity index (χ4v) is 2.78. The Morgan fingerprint density at radius 1 is 1.67 bits per heavy atom. The molecule has 0 unspecified atom stereocenters. The van der Waals surface area contributed by atoms with Gasteiger partial charge in [0.25, 0.3) is 0 Å². The molecule has 1 heterocycles. The third kappa shape index (κ3) is 1.25. The first-order valence-corrected chi connectivity index (χ1v) is 5.51. The Labute approximate surface area is 73.1 Å². The zero-order valence-electron chi connectivity index (χ0n) is 6.01. The molecule has 5 nitrogen and oxygen atoms in total. The van der Waals surface area contributed by atoms with E-state index in [1.165, 1.54) is 6.26 Å². The molecule has 1 N–H and O–H groups in total. The van der Waals surface area contributed by atoms with Gasteiger partial charge in [-0.15, -0.1) is 0 Å². The Balaban J connectivity index is 3.15. The Bertz CT molecular complexity index is 378. The van der Waals surface area contributed by atoms with Gasteiger partial charge in [0, 0.05) is 0 Å². The highest BCUT2D eigenvalue weighted by molar-refractivity contribution is 8.36. The Morgan fingerprint density at radius 3 is 2.50 bits per heavy atom. The van der Waals surface area contributed by atoms with E-state index in [0.717, 1.165) is 18.0 Å². The SMILES string of the molecule is CSC1=NC=C(C(=O)O)S1(=O)=O. The van der Waals surface area contributed by atoms with E-state index in [1.807, 2.05) is 0 Å². The van der Waals surface area contributed by atoms with Gasteiger partial charge in [-0.25, -0.2) is 18.2 Å². The Kier molecular flexibility index (Phi) is 2.25. The molecule has 0 aromatic rings. The minimum atomic E-state index is -3.80. The number of nitrogens with zero attached hydrogens (tertiary/aromatic N) is 1. The van der Waals surface area contributed by atoms with Gasteiger partial charge >= 0.3 is 5.97 Å². The molecule has 1 rings (SSSR count). The first-order chi connectivity index (χ1) is 5.50. The molecule has 0 aromatic heterocycles. The average Bonchev–Trinajstić information content (AvgIpc) is 2.24. The van der Waals surface area contributed by atoms with Crippen LogP contribution in [0.1, 0.15) is 0 Å². The second-order valence-electron chi connectivity index (χ2n) is 1.90. The van der Waals surface area contributed by atoms with Gasteiger partial charge in [0.1, 0.15) is 0 Å². The van der Waals surface area contributed by atoms with Crippen LogP contribution in [-0.4, -0.2) is 30.1 Å². The Hall–Kier alpha value is -0.820. The maximum Gasteiger partial charge on any atom is 0.349 e. The molecule has 0 aromatic carbocycles. The van der Waals surface area contributed by atoms with Crippen LogP contribution in [0.4, 0.5) is 0 Å². The van der Waals surface area contributed by atoms with Crippen LogP contribution in [0.3, 0.4) is 0 Å². The second kappa shape index (κ2) is 2.91. The highest BCUT2D eigenvalue weighted by Crippen LogP contribution is 2.22. The number of rotatable bonds is 1. The molecule has 1 aliphatic heterocycles. The van der Waals surface area contributed by atoms with Crippen molar-refractivity contribution in [1.29, 1.82) is 0 Å². The summed E-state index contributed by atoms with van der Waals surface area (Å²) in [6.07, 6.45) is 2.37. The van der Waals surface area contributed by atoms with Crippen molar-refractivity contribution in [2.75, 3.05) is 6.26 Å². The highest BCUT2D eigenvalue weighted by atomic mass is 32.3. The van der Waals surface area contributed by atoms with Gasteiger partial charge in [-0.2, -0.15) is 0 Å². The van der Waals surface area contributed by atoms with E-state index >= 15 is 0 Å². The number of hydrogen-bond donors (Lipinski definition) is 1. The number of carboxylic acids is 1. The quantitative estimate of drug-likeness (QED) is 0.657. The van der Waals surface area contributed by atoms with Crippen LogP contribution in [0, 0.1) is 0 Å². The predicted molar refractivity (Wildman–Crippen MR) is 45.6 cm³/mol. The first kappa shape index (κ1) is 9.27. The van der Waals surface area contributed by atoms with Crippen molar-refractivity contribution < 1.29 is 18.3 Å². The molecule has 7 heteroatoms. The summed E-state index contributed by atoms with van der Waals surface area (Å²) in [5.74, 6) is -1.47. The van der Waals surface area contributed by atoms with E-state index in [0.29, 0.717) is 0 Å². The smallest absolute Gasteiger partial charge is 0.349 e. The van der Waals surface area contributed by atoms with Crippen LogP contribution in [0.5, 0.6) is 0 Å². The lowest BCUT2D eigenvalue weighted by Gasteiger charge is -1.96. The number of hydrogen-bond acceptors (Lipinski definition) is 5. The molecular formula is C5H5NO4S2. The van der Waals surface area contributed by atoms with Crippen LogP contribution in [0.2, 0.25) is 0 Å². The maximum absolute atomic E-state index is 11.2. The summed E-state index contributed by atoms with van der Waals surface area (Å²) in [6, 6.07) is 0. The summed E-state index contributed by atoms with van der Waals surface area (Å²) in [7, 11) is -3.80. The van der Waals surface area contributed by atoms with Gasteiger partial charge < -0.3 is 5.11 Å². The summed E-state index contributed by atoms with van der Waals surface area (Å²) in [4.78, 5) is 13.1. The van der Waals surface area contributed by atoms with Crippen molar-refractivity contribution in [3.05, 3.63) is 11.1 Å². The monoisotopic (exact) mass is 207 g/mol. The summed E-state index contributed by atoms with van der Waals surface area (Å²) in [5, 5.41) is 8.43. The van der Waals surface area contributed by atoms with Crippen LogP contribution in [-0.2, 0) is 14.6 Å². The van der Waals surface area contributed by atoms with Crippen LogP contribution in [0.25, 0.3) is 0 Å². The molecular weight excluding hydrogens is 202 g/mol. The Morgan fingerprint density at radius 2 is 2.25 bits per heavy atom. The van der Waals surface area contributed by atoms with Gasteiger partial charge in [0.05, 0.1) is 6.20 Å². The lowest BCUT2D eigenvalue weighted by Crippen LogP contribution is -2.15. The van der Waals surface area contributed by atoms with Crippen molar-refractivity contribution in [2.45, 2.75) is 0 Å². The minimum Gasteiger partial charge on any atom is -0.477 e. The third-order valence-electron chi connectivity index (χ3n) is 1.19. The van der Waals surface area contributed by atoms with E-state index in [2.05, 4.69) is 4.99 Å². The van der Waals surface area contributed by atoms with Crippen molar-refractivity contribution in [1.82, 2.24) is 0 Å². The third-order valence-corrected chi connectivity index (χ3v) is 4.23. The first-order valence-electron chi connectivity index (χ1n) is 2.80. The van der Waals surface area contributed by atoms with E-state index < -0.39 is 20.7 Å². The number of carbonyl (C=O) groups is 1. The summed E-state index contributed by atoms with van der Waals surface area (Å²) >= 11 is 0.907. The molecule has 66 valence electrons. The molecule has 0 atom stereocenters. The normalized spacial score (nSPS) is 20.1. The molecule has 0 saturated carbocycles. The highest BCUT2D eigenvalue weighted by Gasteiger charge is 2.33. The van der Waals surface area contributed by atoms with Gasteiger partial charge in [0.15, 0.2) is 9.28 Å². The van der Waals surface area contributed by atoms with Crippen molar-refractivity contribution in [3.63, 3.8) is 0 Å². The molecule has 0 amide bonds. The molecule has 0 radical (unpaired) electrons. The summed E-state index contributed by atoms with van der Waals surface area (Å²) in [6.45, 7) is 0. The minimum absolute atomic E-state index is 0.167. The van der Waals surface area contributed by atoms with Crippen LogP contribution >= 0.6 is 11.8 Å². The number of aliphatic carboxylic acids is 1. The molecule has 0 spiro atoms. The van der Waals surface area contributed by atoms with E-state index in [9.17, 15) is 13.2 Å². The standard InChI is InChI=1S/C5H5NO4S2/c1-11-5-6-2-3(4(7)8)12(5,9)10/h2H,1H3,(H,7,8). The van der Waals surface area contributed by atoms with Gasteiger partial charge in [-0.1, -0.05) is 11.8 Å². The largest absolute Gasteiger partial charge is 0.477 e. The predicted octanol–water partition coefficient (Wildman–Crippen LogP) is 0.0598. The molecule has 0 aliphatic carbocycles. The van der Waals surface area contributed by atoms with E-state index in [1.54, 1.807) is 0 Å². The summed E-state index contributed by atoms with van der Waals surface area (Å²) in [5.41, 5.74) is 0. The summed E-state index contributed by atoms with van der Waals surface area (Å²) < 4.78 is 22.2. The van der Waals surface area contributed by atoms with E-state index in [4.69, 9.17) is 5.11 Å². The maximum atomic E-state index is 11.2. The van der Waals surface area contributed by atoms with E-state index in [-0.39, 0.29) is 4.38 Å². The molecule has 1 aliphatic rings. The van der Waals surface area contributed by atoms with Gasteiger partial charge in [0.2, 0.25) is 9.84 Å². The lowest BCUT2D eigenvalue weighted by atomic mass is 10.6. The molecule has 0 saturated heterocycles. The van der Waals surface area contributed by atoms with Crippen LogP contribution < -0.4 is 0 Å². The topological polar surface area (TPSA) is 83.8 Å². The van der Waals surface area contributed by atoms with Crippen molar-refractivity contribution >= 4 is 31.9 Å². The van der Waals surface area contributed by atoms with Crippen molar-refractivity contribution in [3.8, 4) is 0 Å². The fourth-order valence-electron chi connectivity index (χ4n) is 0.677. The average molecular weight is 207 g/mol. The molecule has 0 fully saturated rings. The van der Waals surface area contributed by atoms with Crippen molar-refractivity contribution in [2.24, 2.45) is 4.99 Å². The van der Waals surface area contributed by atoms with Gasteiger partial charge in [-0.3, -0.25) is 0 Å². The second-order valence-corrected chi connectivity index (χ2v) is 4.79. The fraction of sp³-hybridized carbons (Fsp3) is 0.200.